The Labute approximate surface area is 131 Å². The Morgan fingerprint density at radius 2 is 1.67 bits per heavy atom. The highest BCUT2D eigenvalue weighted by molar-refractivity contribution is 7.89. The standard InChI is InChI=1S/C16H18ClNO2S/c1-13-7-9-15(10-8-13)21(19,20)18-16(11-12-17)14-5-3-2-4-6-14/h2-10,16,18H,11-12H2,1H3. The molecule has 0 saturated carbocycles. The van der Waals surface area contributed by atoms with Gasteiger partial charge in [0.15, 0.2) is 0 Å². The number of aryl methyl sites for hydroxylation is 1. The lowest BCUT2D eigenvalue weighted by atomic mass is 10.1. The number of halogens is 1. The number of alkyl halides is 1. The number of hydrogen-bond acceptors (Lipinski definition) is 2. The maximum atomic E-state index is 12.4. The zero-order valence-corrected chi connectivity index (χ0v) is 13.4. The molecule has 21 heavy (non-hydrogen) atoms. The summed E-state index contributed by atoms with van der Waals surface area (Å²) in [6, 6.07) is 15.9. The second-order valence-electron chi connectivity index (χ2n) is 4.88. The minimum absolute atomic E-state index is 0.267. The van der Waals surface area contributed by atoms with E-state index in [1.165, 1.54) is 0 Å². The molecule has 0 spiro atoms. The summed E-state index contributed by atoms with van der Waals surface area (Å²) in [6.07, 6.45) is 0.538. The third kappa shape index (κ3) is 4.30. The van der Waals surface area contributed by atoms with Crippen LogP contribution in [0.2, 0.25) is 0 Å². The highest BCUT2D eigenvalue weighted by Gasteiger charge is 2.20. The Morgan fingerprint density at radius 1 is 1.05 bits per heavy atom. The molecule has 0 heterocycles. The van der Waals surface area contributed by atoms with Crippen LogP contribution in [0.1, 0.15) is 23.6 Å². The average molecular weight is 324 g/mol. The fraction of sp³-hybridized carbons (Fsp3) is 0.250. The Morgan fingerprint density at radius 3 is 2.24 bits per heavy atom. The van der Waals surface area contributed by atoms with Crippen molar-refractivity contribution < 1.29 is 8.42 Å². The highest BCUT2D eigenvalue weighted by atomic mass is 35.5. The summed E-state index contributed by atoms with van der Waals surface area (Å²) in [5.74, 6) is 0.385. The first kappa shape index (κ1) is 16.0. The van der Waals surface area contributed by atoms with Crippen LogP contribution in [-0.2, 0) is 10.0 Å². The summed E-state index contributed by atoms with van der Waals surface area (Å²) in [6.45, 7) is 1.92. The van der Waals surface area contributed by atoms with Gasteiger partial charge in [0.25, 0.3) is 0 Å². The SMILES string of the molecule is Cc1ccc(S(=O)(=O)NC(CCCl)c2ccccc2)cc1. The first-order valence-electron chi connectivity index (χ1n) is 6.73. The molecule has 0 aliphatic heterocycles. The number of benzene rings is 2. The van der Waals surface area contributed by atoms with Crippen LogP contribution in [0.4, 0.5) is 0 Å². The van der Waals surface area contributed by atoms with Gasteiger partial charge in [0, 0.05) is 11.9 Å². The van der Waals surface area contributed by atoms with Gasteiger partial charge in [-0.05, 0) is 31.0 Å². The quantitative estimate of drug-likeness (QED) is 0.825. The molecule has 0 bridgehead atoms. The maximum Gasteiger partial charge on any atom is 0.241 e. The molecule has 0 aliphatic carbocycles. The van der Waals surface area contributed by atoms with Crippen molar-refractivity contribution in [2.75, 3.05) is 5.88 Å². The molecule has 0 aliphatic rings. The first-order chi connectivity index (χ1) is 10.0. The maximum absolute atomic E-state index is 12.4. The van der Waals surface area contributed by atoms with Crippen LogP contribution in [0.25, 0.3) is 0 Å². The van der Waals surface area contributed by atoms with Gasteiger partial charge in [-0.3, -0.25) is 0 Å². The van der Waals surface area contributed by atoms with Gasteiger partial charge in [-0.1, -0.05) is 48.0 Å². The summed E-state index contributed by atoms with van der Waals surface area (Å²) in [7, 11) is -3.56. The van der Waals surface area contributed by atoms with Gasteiger partial charge >= 0.3 is 0 Å². The molecule has 5 heteroatoms. The van der Waals surface area contributed by atoms with Crippen molar-refractivity contribution in [3.8, 4) is 0 Å². The van der Waals surface area contributed by atoms with E-state index in [0.29, 0.717) is 12.3 Å². The van der Waals surface area contributed by atoms with Crippen LogP contribution in [-0.4, -0.2) is 14.3 Å². The number of rotatable bonds is 6. The molecule has 1 N–H and O–H groups in total. The zero-order chi connectivity index (χ0) is 15.3. The predicted octanol–water partition coefficient (Wildman–Crippen LogP) is 3.64. The molecular formula is C16H18ClNO2S. The van der Waals surface area contributed by atoms with Crippen molar-refractivity contribution in [2.45, 2.75) is 24.3 Å². The largest absolute Gasteiger partial charge is 0.241 e. The molecule has 0 radical (unpaired) electrons. The van der Waals surface area contributed by atoms with Gasteiger partial charge in [0.05, 0.1) is 4.90 Å². The van der Waals surface area contributed by atoms with Crippen molar-refractivity contribution in [3.05, 3.63) is 65.7 Å². The third-order valence-corrected chi connectivity index (χ3v) is 4.93. The molecule has 0 saturated heterocycles. The van der Waals surface area contributed by atoms with Crippen LogP contribution >= 0.6 is 11.6 Å². The van der Waals surface area contributed by atoms with E-state index < -0.39 is 10.0 Å². The van der Waals surface area contributed by atoms with Crippen molar-refractivity contribution >= 4 is 21.6 Å². The summed E-state index contributed by atoms with van der Waals surface area (Å²) in [5, 5.41) is 0. The van der Waals surface area contributed by atoms with E-state index in [4.69, 9.17) is 11.6 Å². The van der Waals surface area contributed by atoms with E-state index in [9.17, 15) is 8.42 Å². The minimum atomic E-state index is -3.56. The fourth-order valence-electron chi connectivity index (χ4n) is 2.06. The minimum Gasteiger partial charge on any atom is -0.207 e. The van der Waals surface area contributed by atoms with E-state index in [1.807, 2.05) is 37.3 Å². The second kappa shape index (κ2) is 7.07. The van der Waals surface area contributed by atoms with E-state index in [-0.39, 0.29) is 10.9 Å². The molecule has 112 valence electrons. The molecule has 0 aromatic heterocycles. The summed E-state index contributed by atoms with van der Waals surface area (Å²) < 4.78 is 27.6. The molecule has 1 atom stereocenters. The van der Waals surface area contributed by atoms with Gasteiger partial charge < -0.3 is 0 Å². The van der Waals surface area contributed by atoms with E-state index >= 15 is 0 Å². The van der Waals surface area contributed by atoms with Gasteiger partial charge in [-0.25, -0.2) is 13.1 Å². The average Bonchev–Trinajstić information content (AvgIpc) is 2.48. The van der Waals surface area contributed by atoms with E-state index in [0.717, 1.165) is 11.1 Å². The fourth-order valence-corrected chi connectivity index (χ4v) is 3.54. The summed E-state index contributed by atoms with van der Waals surface area (Å²) in [4.78, 5) is 0.267. The smallest absolute Gasteiger partial charge is 0.207 e. The molecular weight excluding hydrogens is 306 g/mol. The monoisotopic (exact) mass is 323 g/mol. The lowest BCUT2D eigenvalue weighted by Gasteiger charge is -2.18. The van der Waals surface area contributed by atoms with Crippen molar-refractivity contribution in [1.29, 1.82) is 0 Å². The number of sulfonamides is 1. The van der Waals surface area contributed by atoms with Crippen LogP contribution in [0.15, 0.2) is 59.5 Å². The van der Waals surface area contributed by atoms with Gasteiger partial charge in [0.1, 0.15) is 0 Å². The lowest BCUT2D eigenvalue weighted by molar-refractivity contribution is 0.551. The van der Waals surface area contributed by atoms with Gasteiger partial charge in [-0.15, -0.1) is 11.6 Å². The van der Waals surface area contributed by atoms with E-state index in [2.05, 4.69) is 4.72 Å². The molecule has 1 unspecified atom stereocenters. The Bertz CT molecular complexity index is 669. The molecule has 2 rings (SSSR count). The summed E-state index contributed by atoms with van der Waals surface area (Å²) >= 11 is 5.81. The Balaban J connectivity index is 2.25. The molecule has 2 aromatic carbocycles. The predicted molar refractivity (Wildman–Crippen MR) is 86.0 cm³/mol. The van der Waals surface area contributed by atoms with Crippen molar-refractivity contribution in [1.82, 2.24) is 4.72 Å². The molecule has 0 amide bonds. The number of nitrogens with one attached hydrogen (secondary N) is 1. The molecule has 0 fully saturated rings. The highest BCUT2D eigenvalue weighted by Crippen LogP contribution is 2.21. The number of hydrogen-bond donors (Lipinski definition) is 1. The summed E-state index contributed by atoms with van der Waals surface area (Å²) in [5.41, 5.74) is 1.93. The first-order valence-corrected chi connectivity index (χ1v) is 8.74. The van der Waals surface area contributed by atoms with Crippen molar-refractivity contribution in [2.24, 2.45) is 0 Å². The topological polar surface area (TPSA) is 46.2 Å². The van der Waals surface area contributed by atoms with Crippen molar-refractivity contribution in [3.63, 3.8) is 0 Å². The zero-order valence-electron chi connectivity index (χ0n) is 11.8. The van der Waals surface area contributed by atoms with Crippen LogP contribution in [0, 0.1) is 6.92 Å². The lowest BCUT2D eigenvalue weighted by Crippen LogP contribution is -2.29. The van der Waals surface area contributed by atoms with E-state index in [1.54, 1.807) is 24.3 Å². The van der Waals surface area contributed by atoms with Crippen LogP contribution in [0.5, 0.6) is 0 Å². The van der Waals surface area contributed by atoms with Crippen LogP contribution < -0.4 is 4.72 Å². The Hall–Kier alpha value is -1.36. The van der Waals surface area contributed by atoms with Crippen LogP contribution in [0.3, 0.4) is 0 Å². The van der Waals surface area contributed by atoms with Gasteiger partial charge in [0.2, 0.25) is 10.0 Å². The normalized spacial score (nSPS) is 13.0. The molecule has 2 aromatic rings. The van der Waals surface area contributed by atoms with Gasteiger partial charge in [-0.2, -0.15) is 0 Å². The molecule has 3 nitrogen and oxygen atoms in total. The Kier molecular flexibility index (Phi) is 5.39. The second-order valence-corrected chi connectivity index (χ2v) is 6.97. The third-order valence-electron chi connectivity index (χ3n) is 3.23.